The van der Waals surface area contributed by atoms with Gasteiger partial charge >= 0.3 is 0 Å². The number of pyridine rings is 4. The van der Waals surface area contributed by atoms with E-state index in [-0.39, 0.29) is 0 Å². The molecule has 0 amide bonds. The van der Waals surface area contributed by atoms with Crippen molar-refractivity contribution in [3.8, 4) is 11.3 Å². The SMILES string of the molecule is Nc1cc(NCc2ccc3cncc(-c4cc5ccccc5o4)c3c2)ccn1.[N-]=[N+]=Nc1cc(NCc2ccc3cncc(Br)c3c2)ccn1. The topological polar surface area (TPSA) is 164 Å². The van der Waals surface area contributed by atoms with Gasteiger partial charge in [0.05, 0.1) is 0 Å². The summed E-state index contributed by atoms with van der Waals surface area (Å²) in [5.41, 5.74) is 20.1. The van der Waals surface area contributed by atoms with Crippen LogP contribution in [0.5, 0.6) is 0 Å². The molecule has 11 nitrogen and oxygen atoms in total. The molecule has 4 N–H and O–H groups in total. The lowest BCUT2D eigenvalue weighted by molar-refractivity contribution is 0.632. The molecule has 8 rings (SSSR count). The van der Waals surface area contributed by atoms with Crippen LogP contribution in [0.3, 0.4) is 0 Å². The molecule has 0 aliphatic heterocycles. The smallest absolute Gasteiger partial charge is 0.137 e. The van der Waals surface area contributed by atoms with Crippen LogP contribution in [0.4, 0.5) is 23.0 Å². The van der Waals surface area contributed by atoms with Crippen LogP contribution in [-0.4, -0.2) is 19.9 Å². The summed E-state index contributed by atoms with van der Waals surface area (Å²) in [6.07, 6.45) is 10.7. The standard InChI is InChI=1S/C23H18N4O.C15H11BrN6/c24-23-11-18(7-8-26-23)27-12-15-5-6-17-13-25-14-20(19(17)9-15)22-10-16-3-1-2-4-21(16)28-22;16-14-9-18-8-11-2-1-10(5-13(11)14)7-20-12-3-4-19-15(6-12)21-22-17/h1-11,13-14H,12H2,(H3,24,26,27);1-6,8-9H,7H2,(H,19,20). The van der Waals surface area contributed by atoms with E-state index >= 15 is 0 Å². The molecule has 0 aliphatic rings. The number of aromatic nitrogens is 4. The molecule has 0 saturated heterocycles. The summed E-state index contributed by atoms with van der Waals surface area (Å²) in [5.74, 6) is 1.67. The molecule has 5 aromatic heterocycles. The van der Waals surface area contributed by atoms with Gasteiger partial charge in [0, 0.05) is 98.8 Å². The summed E-state index contributed by atoms with van der Waals surface area (Å²) < 4.78 is 7.04. The van der Waals surface area contributed by atoms with E-state index in [2.05, 4.69) is 99.0 Å². The molecule has 50 heavy (non-hydrogen) atoms. The van der Waals surface area contributed by atoms with Gasteiger partial charge in [-0.05, 0) is 90.9 Å². The highest BCUT2D eigenvalue weighted by atomic mass is 79.9. The first-order valence-corrected chi connectivity index (χ1v) is 16.4. The van der Waals surface area contributed by atoms with Gasteiger partial charge in [-0.25, -0.2) is 4.98 Å². The summed E-state index contributed by atoms with van der Waals surface area (Å²) in [4.78, 5) is 19.3. The number of furan rings is 1. The third-order valence-corrected chi connectivity index (χ3v) is 8.59. The Balaban J connectivity index is 0.000000162. The summed E-state index contributed by atoms with van der Waals surface area (Å²) in [5, 5.41) is 15.7. The second kappa shape index (κ2) is 14.7. The van der Waals surface area contributed by atoms with Crippen molar-refractivity contribution in [3.63, 3.8) is 0 Å². The van der Waals surface area contributed by atoms with E-state index in [0.29, 0.717) is 24.7 Å². The van der Waals surface area contributed by atoms with Gasteiger partial charge in [-0.3, -0.25) is 15.0 Å². The van der Waals surface area contributed by atoms with Crippen molar-refractivity contribution in [2.24, 2.45) is 5.11 Å². The molecular formula is C38H29BrN10O. The average Bonchev–Trinajstić information content (AvgIpc) is 3.58. The number of halogens is 1. The number of hydrogen-bond acceptors (Lipinski definition) is 9. The Morgan fingerprint density at radius 3 is 2.14 bits per heavy atom. The fraction of sp³-hybridized carbons (Fsp3) is 0.0526. The second-order valence-corrected chi connectivity index (χ2v) is 12.2. The van der Waals surface area contributed by atoms with Crippen molar-refractivity contribution in [3.05, 3.63) is 154 Å². The molecule has 0 bridgehead atoms. The summed E-state index contributed by atoms with van der Waals surface area (Å²) in [7, 11) is 0. The van der Waals surface area contributed by atoms with Crippen LogP contribution in [0, 0.1) is 0 Å². The quantitative estimate of drug-likeness (QED) is 0.0793. The number of anilines is 3. The Morgan fingerprint density at radius 1 is 0.720 bits per heavy atom. The predicted molar refractivity (Wildman–Crippen MR) is 203 cm³/mol. The molecule has 0 spiro atoms. The van der Waals surface area contributed by atoms with Crippen molar-refractivity contribution in [2.45, 2.75) is 13.1 Å². The zero-order chi connectivity index (χ0) is 34.3. The van der Waals surface area contributed by atoms with E-state index in [1.165, 1.54) is 0 Å². The number of nitrogens with one attached hydrogen (secondary N) is 2. The summed E-state index contributed by atoms with van der Waals surface area (Å²) in [6, 6.07) is 29.9. The zero-order valence-corrected chi connectivity index (χ0v) is 28.1. The van der Waals surface area contributed by atoms with E-state index in [4.69, 9.17) is 15.7 Å². The van der Waals surface area contributed by atoms with Gasteiger partial charge in [-0.15, -0.1) is 0 Å². The number of para-hydroxylation sites is 1. The maximum Gasteiger partial charge on any atom is 0.137 e. The molecule has 8 aromatic rings. The number of azide groups is 1. The predicted octanol–water partition coefficient (Wildman–Crippen LogP) is 10.2. The van der Waals surface area contributed by atoms with Gasteiger partial charge in [-0.1, -0.05) is 42.5 Å². The molecule has 5 heterocycles. The highest BCUT2D eigenvalue weighted by Gasteiger charge is 2.11. The van der Waals surface area contributed by atoms with Gasteiger partial charge in [0.2, 0.25) is 0 Å². The van der Waals surface area contributed by atoms with Crippen LogP contribution < -0.4 is 16.4 Å². The molecule has 3 aromatic carbocycles. The van der Waals surface area contributed by atoms with E-state index in [1.807, 2.05) is 61.1 Å². The van der Waals surface area contributed by atoms with Crippen LogP contribution in [-0.2, 0) is 13.1 Å². The fourth-order valence-corrected chi connectivity index (χ4v) is 5.97. The highest BCUT2D eigenvalue weighted by molar-refractivity contribution is 9.10. The highest BCUT2D eigenvalue weighted by Crippen LogP contribution is 2.33. The minimum absolute atomic E-state index is 0.347. The molecule has 0 atom stereocenters. The van der Waals surface area contributed by atoms with Gasteiger partial charge in [0.25, 0.3) is 0 Å². The average molecular weight is 722 g/mol. The third-order valence-electron chi connectivity index (χ3n) is 7.96. The summed E-state index contributed by atoms with van der Waals surface area (Å²) >= 11 is 3.52. The first kappa shape index (κ1) is 32.1. The number of nitrogens with two attached hydrogens (primary N) is 1. The van der Waals surface area contributed by atoms with Crippen molar-refractivity contribution in [1.29, 1.82) is 0 Å². The molecule has 0 aliphatic carbocycles. The van der Waals surface area contributed by atoms with Crippen molar-refractivity contribution < 1.29 is 4.42 Å². The maximum absolute atomic E-state index is 8.43. The summed E-state index contributed by atoms with van der Waals surface area (Å²) in [6.45, 7) is 1.34. The van der Waals surface area contributed by atoms with Crippen molar-refractivity contribution in [2.75, 3.05) is 16.4 Å². The Kier molecular flexibility index (Phi) is 9.45. The minimum Gasteiger partial charge on any atom is -0.456 e. The Morgan fingerprint density at radius 2 is 1.40 bits per heavy atom. The van der Waals surface area contributed by atoms with Crippen LogP contribution in [0.15, 0.2) is 142 Å². The monoisotopic (exact) mass is 720 g/mol. The maximum atomic E-state index is 8.43. The number of fused-ring (bicyclic) bond motifs is 3. The fourth-order valence-electron chi connectivity index (χ4n) is 5.51. The van der Waals surface area contributed by atoms with E-state index < -0.39 is 0 Å². The van der Waals surface area contributed by atoms with Crippen LogP contribution in [0.25, 0.3) is 54.3 Å². The van der Waals surface area contributed by atoms with Gasteiger partial charge in [0.15, 0.2) is 0 Å². The van der Waals surface area contributed by atoms with Gasteiger partial charge in [0.1, 0.15) is 23.0 Å². The minimum atomic E-state index is 0.347. The molecule has 0 unspecified atom stereocenters. The first-order chi connectivity index (χ1) is 24.5. The second-order valence-electron chi connectivity index (χ2n) is 11.3. The zero-order valence-electron chi connectivity index (χ0n) is 26.5. The normalized spacial score (nSPS) is 10.7. The third kappa shape index (κ3) is 7.47. The Labute approximate surface area is 295 Å². The number of benzene rings is 3. The van der Waals surface area contributed by atoms with Gasteiger partial charge < -0.3 is 20.8 Å². The number of nitrogen functional groups attached to an aromatic ring is 1. The van der Waals surface area contributed by atoms with Crippen LogP contribution in [0.2, 0.25) is 0 Å². The molecule has 244 valence electrons. The molecule has 12 heteroatoms. The number of nitrogens with zero attached hydrogens (tertiary/aromatic N) is 7. The van der Waals surface area contributed by atoms with Crippen LogP contribution in [0.1, 0.15) is 11.1 Å². The van der Waals surface area contributed by atoms with E-state index in [9.17, 15) is 0 Å². The Bertz CT molecular complexity index is 2480. The molecular weight excluding hydrogens is 692 g/mol. The number of rotatable bonds is 8. The molecule has 0 saturated carbocycles. The van der Waals surface area contributed by atoms with Gasteiger partial charge in [-0.2, -0.15) is 0 Å². The number of hydrogen-bond donors (Lipinski definition) is 3. The molecule has 0 radical (unpaired) electrons. The van der Waals surface area contributed by atoms with E-state index in [1.54, 1.807) is 24.7 Å². The lowest BCUT2D eigenvalue weighted by Crippen LogP contribution is -2.00. The molecule has 0 fully saturated rings. The largest absolute Gasteiger partial charge is 0.456 e. The Hall–Kier alpha value is -6.49. The van der Waals surface area contributed by atoms with Crippen molar-refractivity contribution in [1.82, 2.24) is 19.9 Å². The van der Waals surface area contributed by atoms with Crippen LogP contribution >= 0.6 is 15.9 Å². The van der Waals surface area contributed by atoms with Crippen molar-refractivity contribution >= 4 is 71.5 Å². The lowest BCUT2D eigenvalue weighted by Gasteiger charge is -2.09. The van der Waals surface area contributed by atoms with E-state index in [0.717, 1.165) is 70.8 Å². The first-order valence-electron chi connectivity index (χ1n) is 15.6. The lowest BCUT2D eigenvalue weighted by atomic mass is 10.0.